The number of nitrogens with zero attached hydrogens (tertiary/aromatic N) is 1. The second kappa shape index (κ2) is 6.66. The molecule has 1 N–H and O–H groups in total. The molecule has 1 aliphatic rings. The van der Waals surface area contributed by atoms with Gasteiger partial charge >= 0.3 is 5.97 Å². The number of likely N-dealkylation sites (tertiary alicyclic amines) is 1. The number of piperidine rings is 1. The normalized spacial score (nSPS) is 18.6. The monoisotopic (exact) mass is 275 g/mol. The number of Topliss-reactive ketones (excluding diaryl/α,β-unsaturated/α-hetero) is 1. The number of carbonyl (C=O) groups excluding carboxylic acids is 1. The third-order valence-corrected chi connectivity index (χ3v) is 4.07. The largest absolute Gasteiger partial charge is 0.480 e. The van der Waals surface area contributed by atoms with Gasteiger partial charge in [-0.15, -0.1) is 0 Å². The predicted molar refractivity (Wildman–Crippen MR) is 76.8 cm³/mol. The maximum Gasteiger partial charge on any atom is 0.320 e. The van der Waals surface area contributed by atoms with Crippen molar-refractivity contribution in [3.05, 3.63) is 35.9 Å². The lowest BCUT2D eigenvalue weighted by Gasteiger charge is -2.34. The molecule has 1 heterocycles. The van der Waals surface area contributed by atoms with E-state index in [0.29, 0.717) is 19.5 Å². The average Bonchev–Trinajstić information content (AvgIpc) is 2.48. The molecule has 1 saturated heterocycles. The second-order valence-electron chi connectivity index (χ2n) is 5.30. The lowest BCUT2D eigenvalue weighted by molar-refractivity contribution is -0.144. The molecular weight excluding hydrogens is 254 g/mol. The van der Waals surface area contributed by atoms with E-state index in [1.54, 1.807) is 0 Å². The molecule has 1 unspecified atom stereocenters. The standard InChI is InChI=1S/C16H21NO3/c1-2-14(16(19)20)17-10-8-13(9-11-17)15(18)12-6-4-3-5-7-12/h3-7,13-14H,2,8-11H2,1H3,(H,19,20). The summed E-state index contributed by atoms with van der Waals surface area (Å²) in [5, 5.41) is 9.17. The first-order valence-electron chi connectivity index (χ1n) is 7.19. The van der Waals surface area contributed by atoms with E-state index in [9.17, 15) is 9.59 Å². The minimum absolute atomic E-state index is 0.0277. The van der Waals surface area contributed by atoms with Crippen LogP contribution in [-0.4, -0.2) is 40.9 Å². The van der Waals surface area contributed by atoms with Crippen molar-refractivity contribution in [1.82, 2.24) is 4.90 Å². The summed E-state index contributed by atoms with van der Waals surface area (Å²) in [6.45, 7) is 3.27. The van der Waals surface area contributed by atoms with E-state index in [4.69, 9.17) is 5.11 Å². The summed E-state index contributed by atoms with van der Waals surface area (Å²) in [5.41, 5.74) is 0.760. The molecule has 1 aliphatic heterocycles. The number of rotatable bonds is 5. The molecule has 4 heteroatoms. The van der Waals surface area contributed by atoms with Gasteiger partial charge in [-0.05, 0) is 32.4 Å². The smallest absolute Gasteiger partial charge is 0.320 e. The molecule has 0 aromatic heterocycles. The topological polar surface area (TPSA) is 57.6 Å². The summed E-state index contributed by atoms with van der Waals surface area (Å²) in [5.74, 6) is -0.547. The minimum atomic E-state index is -0.764. The van der Waals surface area contributed by atoms with Gasteiger partial charge in [-0.3, -0.25) is 14.5 Å². The van der Waals surface area contributed by atoms with Crippen LogP contribution in [0.25, 0.3) is 0 Å². The van der Waals surface area contributed by atoms with Crippen molar-refractivity contribution in [2.24, 2.45) is 5.92 Å². The molecule has 1 aromatic carbocycles. The highest BCUT2D eigenvalue weighted by molar-refractivity contribution is 5.97. The minimum Gasteiger partial charge on any atom is -0.480 e. The van der Waals surface area contributed by atoms with Gasteiger partial charge in [0.25, 0.3) is 0 Å². The van der Waals surface area contributed by atoms with E-state index < -0.39 is 12.0 Å². The van der Waals surface area contributed by atoms with Crippen LogP contribution in [0.5, 0.6) is 0 Å². The van der Waals surface area contributed by atoms with Crippen LogP contribution < -0.4 is 0 Å². The van der Waals surface area contributed by atoms with E-state index in [-0.39, 0.29) is 11.7 Å². The highest BCUT2D eigenvalue weighted by Gasteiger charge is 2.31. The Balaban J connectivity index is 1.94. The molecule has 0 amide bonds. The van der Waals surface area contributed by atoms with Crippen molar-refractivity contribution in [3.63, 3.8) is 0 Å². The number of carboxylic acids is 1. The zero-order valence-corrected chi connectivity index (χ0v) is 11.8. The van der Waals surface area contributed by atoms with Crippen molar-refractivity contribution >= 4 is 11.8 Å². The van der Waals surface area contributed by atoms with Crippen molar-refractivity contribution in [2.75, 3.05) is 13.1 Å². The van der Waals surface area contributed by atoms with Crippen LogP contribution in [0.1, 0.15) is 36.5 Å². The highest BCUT2D eigenvalue weighted by Crippen LogP contribution is 2.23. The van der Waals surface area contributed by atoms with Gasteiger partial charge in [0.2, 0.25) is 0 Å². The molecule has 108 valence electrons. The number of benzene rings is 1. The molecular formula is C16H21NO3. The molecule has 4 nitrogen and oxygen atoms in total. The van der Waals surface area contributed by atoms with Crippen molar-refractivity contribution in [3.8, 4) is 0 Å². The summed E-state index contributed by atoms with van der Waals surface area (Å²) in [6, 6.07) is 8.93. The maximum absolute atomic E-state index is 12.3. The fraction of sp³-hybridized carbons (Fsp3) is 0.500. The number of aliphatic carboxylic acids is 1. The fourth-order valence-corrected chi connectivity index (χ4v) is 2.90. The first-order valence-corrected chi connectivity index (χ1v) is 7.19. The Morgan fingerprint density at radius 1 is 1.25 bits per heavy atom. The SMILES string of the molecule is CCC(C(=O)O)N1CCC(C(=O)c2ccccc2)CC1. The third-order valence-electron chi connectivity index (χ3n) is 4.07. The van der Waals surface area contributed by atoms with Crippen LogP contribution in [0.4, 0.5) is 0 Å². The Labute approximate surface area is 119 Å². The summed E-state index contributed by atoms with van der Waals surface area (Å²) >= 11 is 0. The first kappa shape index (κ1) is 14.7. The molecule has 0 bridgehead atoms. The zero-order chi connectivity index (χ0) is 14.5. The number of hydrogen-bond donors (Lipinski definition) is 1. The van der Waals surface area contributed by atoms with Crippen LogP contribution in [0.15, 0.2) is 30.3 Å². The number of ketones is 1. The molecule has 1 fully saturated rings. The summed E-state index contributed by atoms with van der Waals surface area (Å²) in [7, 11) is 0. The lowest BCUT2D eigenvalue weighted by atomic mass is 9.88. The Kier molecular flexibility index (Phi) is 4.90. The second-order valence-corrected chi connectivity index (χ2v) is 5.30. The molecule has 20 heavy (non-hydrogen) atoms. The summed E-state index contributed by atoms with van der Waals surface area (Å²) in [4.78, 5) is 25.5. The zero-order valence-electron chi connectivity index (χ0n) is 11.8. The van der Waals surface area contributed by atoms with Crippen LogP contribution >= 0.6 is 0 Å². The fourth-order valence-electron chi connectivity index (χ4n) is 2.90. The van der Waals surface area contributed by atoms with Crippen LogP contribution in [0.2, 0.25) is 0 Å². The first-order chi connectivity index (χ1) is 9.63. The van der Waals surface area contributed by atoms with Crippen molar-refractivity contribution in [1.29, 1.82) is 0 Å². The van der Waals surface area contributed by atoms with Gasteiger partial charge in [-0.2, -0.15) is 0 Å². The molecule has 2 rings (SSSR count). The summed E-state index contributed by atoms with van der Waals surface area (Å²) in [6.07, 6.45) is 2.10. The average molecular weight is 275 g/mol. The van der Waals surface area contributed by atoms with Crippen LogP contribution in [0, 0.1) is 5.92 Å². The van der Waals surface area contributed by atoms with E-state index in [0.717, 1.165) is 18.4 Å². The van der Waals surface area contributed by atoms with Gasteiger partial charge in [0.05, 0.1) is 0 Å². The Bertz CT molecular complexity index is 464. The lowest BCUT2D eigenvalue weighted by Crippen LogP contribution is -2.46. The molecule has 0 aliphatic carbocycles. The predicted octanol–water partition coefficient (Wildman–Crippen LogP) is 2.44. The quantitative estimate of drug-likeness (QED) is 0.839. The molecule has 0 saturated carbocycles. The van der Waals surface area contributed by atoms with E-state index in [1.165, 1.54) is 0 Å². The number of hydrogen-bond acceptors (Lipinski definition) is 3. The van der Waals surface area contributed by atoms with Gasteiger partial charge in [0, 0.05) is 11.5 Å². The van der Waals surface area contributed by atoms with Gasteiger partial charge < -0.3 is 5.11 Å². The van der Waals surface area contributed by atoms with Crippen molar-refractivity contribution in [2.45, 2.75) is 32.2 Å². The number of carboxylic acid groups (broad SMARTS) is 1. The van der Waals surface area contributed by atoms with Crippen molar-refractivity contribution < 1.29 is 14.7 Å². The molecule has 1 aromatic rings. The van der Waals surface area contributed by atoms with Crippen LogP contribution in [-0.2, 0) is 4.79 Å². The molecule has 0 radical (unpaired) electrons. The van der Waals surface area contributed by atoms with E-state index >= 15 is 0 Å². The number of carbonyl (C=O) groups is 2. The summed E-state index contributed by atoms with van der Waals surface area (Å²) < 4.78 is 0. The van der Waals surface area contributed by atoms with E-state index in [2.05, 4.69) is 0 Å². The Morgan fingerprint density at radius 3 is 2.35 bits per heavy atom. The van der Waals surface area contributed by atoms with Gasteiger partial charge in [-0.25, -0.2) is 0 Å². The third kappa shape index (κ3) is 3.25. The Morgan fingerprint density at radius 2 is 1.85 bits per heavy atom. The Hall–Kier alpha value is -1.68. The van der Waals surface area contributed by atoms with E-state index in [1.807, 2.05) is 42.2 Å². The highest BCUT2D eigenvalue weighted by atomic mass is 16.4. The van der Waals surface area contributed by atoms with Gasteiger partial charge in [0.1, 0.15) is 6.04 Å². The van der Waals surface area contributed by atoms with Gasteiger partial charge in [0.15, 0.2) is 5.78 Å². The van der Waals surface area contributed by atoms with Crippen LogP contribution in [0.3, 0.4) is 0 Å². The van der Waals surface area contributed by atoms with Gasteiger partial charge in [-0.1, -0.05) is 37.3 Å². The maximum atomic E-state index is 12.3. The molecule has 1 atom stereocenters. The molecule has 0 spiro atoms.